The maximum atomic E-state index is 13.0. The van der Waals surface area contributed by atoms with Gasteiger partial charge in [-0.2, -0.15) is 0 Å². The van der Waals surface area contributed by atoms with Crippen molar-refractivity contribution in [2.24, 2.45) is 0 Å². The number of hydrogen-bond donors (Lipinski definition) is 1. The normalized spacial score (nSPS) is 12.5. The number of aromatic nitrogens is 1. The van der Waals surface area contributed by atoms with E-state index in [0.29, 0.717) is 72.5 Å². The molecule has 0 fully saturated rings. The Hall–Kier alpha value is -3.20. The Kier molecular flexibility index (Phi) is 6.31. The van der Waals surface area contributed by atoms with Gasteiger partial charge < -0.3 is 23.7 Å². The van der Waals surface area contributed by atoms with Crippen LogP contribution in [0.4, 0.5) is 5.13 Å². The number of thiazole rings is 1. The minimum absolute atomic E-state index is 0.318. The number of nitrogens with one attached hydrogen (secondary N) is 1. The smallest absolute Gasteiger partial charge is 0.257 e. The molecule has 0 atom stereocenters. The number of benzene rings is 2. The summed E-state index contributed by atoms with van der Waals surface area (Å²) in [7, 11) is 0. The topological polar surface area (TPSA) is 88.1 Å². The predicted octanol–water partition coefficient (Wildman–Crippen LogP) is 4.52. The zero-order valence-electron chi connectivity index (χ0n) is 17.6. The Morgan fingerprint density at radius 3 is 2.19 bits per heavy atom. The fourth-order valence-electron chi connectivity index (χ4n) is 3.21. The van der Waals surface area contributed by atoms with Crippen molar-refractivity contribution in [1.82, 2.24) is 4.98 Å². The van der Waals surface area contributed by atoms with E-state index in [1.54, 1.807) is 12.1 Å². The SMILES string of the molecule is CCOc1cc(C(=O)Nc2nc3cc4c(cc3s2)OCCO4)cc(OCC)c1OCC. The van der Waals surface area contributed by atoms with Crippen molar-refractivity contribution in [2.45, 2.75) is 20.8 Å². The van der Waals surface area contributed by atoms with Gasteiger partial charge in [-0.1, -0.05) is 11.3 Å². The number of rotatable bonds is 8. The molecule has 0 spiro atoms. The van der Waals surface area contributed by atoms with E-state index in [2.05, 4.69) is 10.3 Å². The van der Waals surface area contributed by atoms with Crippen molar-refractivity contribution in [3.05, 3.63) is 29.8 Å². The second kappa shape index (κ2) is 9.30. The highest BCUT2D eigenvalue weighted by molar-refractivity contribution is 7.22. The monoisotopic (exact) mass is 444 g/mol. The molecule has 31 heavy (non-hydrogen) atoms. The van der Waals surface area contributed by atoms with Crippen molar-refractivity contribution in [2.75, 3.05) is 38.4 Å². The van der Waals surface area contributed by atoms with Crippen LogP contribution in [0.1, 0.15) is 31.1 Å². The summed E-state index contributed by atoms with van der Waals surface area (Å²) < 4.78 is 29.2. The number of anilines is 1. The zero-order chi connectivity index (χ0) is 21.8. The number of carbonyl (C=O) groups is 1. The van der Waals surface area contributed by atoms with Crippen LogP contribution in [0, 0.1) is 0 Å². The molecule has 9 heteroatoms. The van der Waals surface area contributed by atoms with Crippen LogP contribution in [0.15, 0.2) is 24.3 Å². The van der Waals surface area contributed by atoms with Crippen LogP contribution >= 0.6 is 11.3 Å². The number of nitrogens with zero attached hydrogens (tertiary/aromatic N) is 1. The van der Waals surface area contributed by atoms with E-state index >= 15 is 0 Å². The summed E-state index contributed by atoms with van der Waals surface area (Å²) in [5, 5.41) is 3.34. The summed E-state index contributed by atoms with van der Waals surface area (Å²) >= 11 is 1.37. The van der Waals surface area contributed by atoms with Gasteiger partial charge in [0, 0.05) is 17.7 Å². The second-order valence-electron chi connectivity index (χ2n) is 6.54. The number of hydrogen-bond acceptors (Lipinski definition) is 8. The van der Waals surface area contributed by atoms with Crippen LogP contribution in [-0.2, 0) is 0 Å². The van der Waals surface area contributed by atoms with E-state index in [1.807, 2.05) is 32.9 Å². The first-order valence-electron chi connectivity index (χ1n) is 10.2. The third-order valence-corrected chi connectivity index (χ3v) is 5.38. The molecule has 1 N–H and O–H groups in total. The summed E-state index contributed by atoms with van der Waals surface area (Å²) in [4.78, 5) is 17.5. The van der Waals surface area contributed by atoms with E-state index in [9.17, 15) is 4.79 Å². The molecule has 0 saturated carbocycles. The Labute approximate surface area is 184 Å². The van der Waals surface area contributed by atoms with Gasteiger partial charge >= 0.3 is 0 Å². The Bertz CT molecular complexity index is 1030. The van der Waals surface area contributed by atoms with Crippen molar-refractivity contribution in [1.29, 1.82) is 0 Å². The van der Waals surface area contributed by atoms with Gasteiger partial charge in [0.2, 0.25) is 5.75 Å². The summed E-state index contributed by atoms with van der Waals surface area (Å²) in [6.45, 7) is 7.97. The third kappa shape index (κ3) is 4.46. The van der Waals surface area contributed by atoms with Gasteiger partial charge in [-0.25, -0.2) is 4.98 Å². The third-order valence-electron chi connectivity index (χ3n) is 4.44. The molecule has 2 aromatic carbocycles. The molecule has 4 rings (SSSR count). The standard InChI is InChI=1S/C22H24N2O6S/c1-4-26-17-9-13(10-18(27-5-2)20(17)28-6-3)21(25)24-22-23-14-11-15-16(12-19(14)31-22)30-8-7-29-15/h9-12H,4-8H2,1-3H3,(H,23,24,25). The van der Waals surface area contributed by atoms with Crippen molar-refractivity contribution >= 4 is 32.6 Å². The maximum Gasteiger partial charge on any atom is 0.257 e. The van der Waals surface area contributed by atoms with E-state index in [0.717, 1.165) is 10.2 Å². The molecule has 1 aliphatic rings. The summed E-state index contributed by atoms with van der Waals surface area (Å²) in [6.07, 6.45) is 0. The molecule has 0 saturated heterocycles. The Balaban J connectivity index is 1.62. The molecular weight excluding hydrogens is 420 g/mol. The summed E-state index contributed by atoms with van der Waals surface area (Å²) in [5.74, 6) is 2.46. The molecule has 3 aromatic rings. The van der Waals surface area contributed by atoms with E-state index < -0.39 is 0 Å². The van der Waals surface area contributed by atoms with Crippen LogP contribution in [-0.4, -0.2) is 43.9 Å². The molecule has 0 aliphatic carbocycles. The lowest BCUT2D eigenvalue weighted by Crippen LogP contribution is -2.15. The van der Waals surface area contributed by atoms with Crippen molar-refractivity contribution in [3.8, 4) is 28.7 Å². The van der Waals surface area contributed by atoms with E-state index in [4.69, 9.17) is 23.7 Å². The molecule has 1 aromatic heterocycles. The first-order chi connectivity index (χ1) is 15.1. The van der Waals surface area contributed by atoms with E-state index in [-0.39, 0.29) is 5.91 Å². The summed E-state index contributed by atoms with van der Waals surface area (Å²) in [6, 6.07) is 7.02. The molecule has 0 bridgehead atoms. The van der Waals surface area contributed by atoms with Crippen LogP contribution in [0.25, 0.3) is 10.2 Å². The molecular formula is C22H24N2O6S. The van der Waals surface area contributed by atoms with Crippen LogP contribution < -0.4 is 29.0 Å². The van der Waals surface area contributed by atoms with Gasteiger partial charge in [0.15, 0.2) is 28.1 Å². The van der Waals surface area contributed by atoms with Gasteiger partial charge in [0.1, 0.15) is 13.2 Å². The number of amides is 1. The van der Waals surface area contributed by atoms with Crippen molar-refractivity contribution < 1.29 is 28.5 Å². The quantitative estimate of drug-likeness (QED) is 0.547. The van der Waals surface area contributed by atoms with Gasteiger partial charge in [-0.15, -0.1) is 0 Å². The highest BCUT2D eigenvalue weighted by Gasteiger charge is 2.20. The summed E-state index contributed by atoms with van der Waals surface area (Å²) in [5.41, 5.74) is 1.13. The van der Waals surface area contributed by atoms with Gasteiger partial charge in [-0.05, 0) is 32.9 Å². The fourth-order valence-corrected chi connectivity index (χ4v) is 4.08. The van der Waals surface area contributed by atoms with Gasteiger partial charge in [0.25, 0.3) is 5.91 Å². The van der Waals surface area contributed by atoms with Gasteiger partial charge in [-0.3, -0.25) is 10.1 Å². The van der Waals surface area contributed by atoms with Crippen LogP contribution in [0.5, 0.6) is 28.7 Å². The molecule has 1 aliphatic heterocycles. The highest BCUT2D eigenvalue weighted by Crippen LogP contribution is 2.40. The first-order valence-corrected chi connectivity index (χ1v) is 11.0. The molecule has 1 amide bonds. The molecule has 0 radical (unpaired) electrons. The molecule has 2 heterocycles. The highest BCUT2D eigenvalue weighted by atomic mass is 32.1. The lowest BCUT2D eigenvalue weighted by atomic mass is 10.1. The lowest BCUT2D eigenvalue weighted by molar-refractivity contribution is 0.102. The van der Waals surface area contributed by atoms with Gasteiger partial charge in [0.05, 0.1) is 30.0 Å². The second-order valence-corrected chi connectivity index (χ2v) is 7.57. The maximum absolute atomic E-state index is 13.0. The number of ether oxygens (including phenoxy) is 5. The number of fused-ring (bicyclic) bond motifs is 2. The molecule has 164 valence electrons. The number of carbonyl (C=O) groups excluding carboxylic acids is 1. The average molecular weight is 445 g/mol. The predicted molar refractivity (Wildman–Crippen MR) is 119 cm³/mol. The minimum atomic E-state index is -0.318. The Morgan fingerprint density at radius 1 is 0.968 bits per heavy atom. The largest absolute Gasteiger partial charge is 0.490 e. The van der Waals surface area contributed by atoms with Crippen molar-refractivity contribution in [3.63, 3.8) is 0 Å². The lowest BCUT2D eigenvalue weighted by Gasteiger charge is -2.17. The van der Waals surface area contributed by atoms with E-state index in [1.165, 1.54) is 11.3 Å². The fraction of sp³-hybridized carbons (Fsp3) is 0.364. The van der Waals surface area contributed by atoms with Crippen LogP contribution in [0.2, 0.25) is 0 Å². The minimum Gasteiger partial charge on any atom is -0.490 e. The first kappa shape index (κ1) is 21.0. The van der Waals surface area contributed by atoms with Crippen LogP contribution in [0.3, 0.4) is 0 Å². The average Bonchev–Trinajstić information content (AvgIpc) is 3.15. The zero-order valence-corrected chi connectivity index (χ0v) is 18.5. The Morgan fingerprint density at radius 2 is 1.58 bits per heavy atom. The molecule has 0 unspecified atom stereocenters. The molecule has 8 nitrogen and oxygen atoms in total.